The van der Waals surface area contributed by atoms with Crippen molar-refractivity contribution in [3.8, 4) is 0 Å². The summed E-state index contributed by atoms with van der Waals surface area (Å²) in [5, 5.41) is 13.7. The molecule has 0 amide bonds. The van der Waals surface area contributed by atoms with Gasteiger partial charge in [-0.1, -0.05) is 12.2 Å². The third-order valence-corrected chi connectivity index (χ3v) is 4.94. The molecular formula is C14H21N2O5P. The number of rotatable bonds is 9. The molecule has 0 aliphatic heterocycles. The van der Waals surface area contributed by atoms with E-state index in [0.29, 0.717) is 5.69 Å². The zero-order chi connectivity index (χ0) is 16.6. The van der Waals surface area contributed by atoms with E-state index in [1.165, 1.54) is 12.1 Å². The zero-order valence-electron chi connectivity index (χ0n) is 12.9. The predicted octanol–water partition coefficient (Wildman–Crippen LogP) is 4.18. The molecular weight excluding hydrogens is 307 g/mol. The van der Waals surface area contributed by atoms with E-state index in [4.69, 9.17) is 9.05 Å². The lowest BCUT2D eigenvalue weighted by atomic mass is 10.3. The maximum atomic E-state index is 12.8. The molecule has 1 unspecified atom stereocenters. The van der Waals surface area contributed by atoms with Crippen LogP contribution in [0.25, 0.3) is 0 Å². The van der Waals surface area contributed by atoms with Gasteiger partial charge in [0, 0.05) is 17.8 Å². The number of nitrogens with one attached hydrogen (secondary N) is 1. The summed E-state index contributed by atoms with van der Waals surface area (Å²) in [6.07, 6.45) is 3.43. The molecule has 1 atom stereocenters. The van der Waals surface area contributed by atoms with Crippen LogP contribution in [0.4, 0.5) is 11.4 Å². The molecule has 0 radical (unpaired) electrons. The number of non-ortho nitro benzene ring substituents is 1. The molecule has 0 bridgehead atoms. The fourth-order valence-corrected chi connectivity index (χ4v) is 3.63. The van der Waals surface area contributed by atoms with E-state index >= 15 is 0 Å². The number of nitrogens with zero attached hydrogens (tertiary/aromatic N) is 1. The third kappa shape index (κ3) is 4.94. The SMILES string of the molecule is C/C=C/C(Nc1ccc([N+](=O)[O-])cc1)P(=O)(OCC)OCC. The molecule has 1 rings (SSSR count). The first-order valence-electron chi connectivity index (χ1n) is 6.99. The van der Waals surface area contributed by atoms with Crippen molar-refractivity contribution < 1.29 is 18.5 Å². The predicted molar refractivity (Wildman–Crippen MR) is 86.2 cm³/mol. The summed E-state index contributed by atoms with van der Waals surface area (Å²) in [5.41, 5.74) is 0.583. The Bertz CT molecular complexity index is 549. The lowest BCUT2D eigenvalue weighted by Gasteiger charge is -2.25. The quantitative estimate of drug-likeness (QED) is 0.316. The summed E-state index contributed by atoms with van der Waals surface area (Å²) in [6, 6.07) is 5.86. The summed E-state index contributed by atoms with van der Waals surface area (Å²) in [7, 11) is -3.37. The summed E-state index contributed by atoms with van der Waals surface area (Å²) in [4.78, 5) is 10.2. The van der Waals surface area contributed by atoms with Gasteiger partial charge in [-0.3, -0.25) is 14.7 Å². The Labute approximate surface area is 130 Å². The van der Waals surface area contributed by atoms with Gasteiger partial charge in [0.1, 0.15) is 5.78 Å². The number of nitro benzene ring substituents is 1. The van der Waals surface area contributed by atoms with Gasteiger partial charge in [0.15, 0.2) is 0 Å². The number of allylic oxidation sites excluding steroid dienone is 1. The van der Waals surface area contributed by atoms with Gasteiger partial charge in [0.2, 0.25) is 0 Å². The van der Waals surface area contributed by atoms with Gasteiger partial charge in [-0.05, 0) is 32.9 Å². The molecule has 0 fully saturated rings. The smallest absolute Gasteiger partial charge is 0.356 e. The van der Waals surface area contributed by atoms with Crippen molar-refractivity contribution in [1.82, 2.24) is 0 Å². The summed E-state index contributed by atoms with van der Waals surface area (Å²) >= 11 is 0. The maximum Gasteiger partial charge on any atom is 0.356 e. The summed E-state index contributed by atoms with van der Waals surface area (Å²) in [6.45, 7) is 5.79. The molecule has 122 valence electrons. The first-order chi connectivity index (χ1) is 10.5. The minimum Gasteiger partial charge on any atom is -0.368 e. The Kier molecular flexibility index (Phi) is 7.24. The van der Waals surface area contributed by atoms with Crippen molar-refractivity contribution in [3.05, 3.63) is 46.5 Å². The Hall–Kier alpha value is -1.69. The standard InChI is InChI=1S/C14H21N2O5P/c1-4-7-14(22(19,20-5-2)21-6-3)15-12-8-10-13(11-9-12)16(17)18/h4,7-11,14-15H,5-6H2,1-3H3/b7-4+. The Morgan fingerprint density at radius 1 is 1.27 bits per heavy atom. The van der Waals surface area contributed by atoms with Gasteiger partial charge >= 0.3 is 7.60 Å². The number of anilines is 1. The van der Waals surface area contributed by atoms with Gasteiger partial charge < -0.3 is 14.4 Å². The van der Waals surface area contributed by atoms with E-state index in [-0.39, 0.29) is 18.9 Å². The van der Waals surface area contributed by atoms with Crippen molar-refractivity contribution in [3.63, 3.8) is 0 Å². The fourth-order valence-electron chi connectivity index (χ4n) is 1.82. The molecule has 0 aromatic heterocycles. The maximum absolute atomic E-state index is 12.8. The highest BCUT2D eigenvalue weighted by Gasteiger charge is 2.33. The van der Waals surface area contributed by atoms with Crippen molar-refractivity contribution in [2.75, 3.05) is 18.5 Å². The van der Waals surface area contributed by atoms with Crippen molar-refractivity contribution >= 4 is 19.0 Å². The van der Waals surface area contributed by atoms with E-state index < -0.39 is 18.3 Å². The van der Waals surface area contributed by atoms with E-state index in [9.17, 15) is 14.7 Å². The lowest BCUT2D eigenvalue weighted by molar-refractivity contribution is -0.384. The van der Waals surface area contributed by atoms with E-state index in [1.807, 2.05) is 0 Å². The van der Waals surface area contributed by atoms with Crippen molar-refractivity contribution in [1.29, 1.82) is 0 Å². The Balaban J connectivity index is 3.00. The van der Waals surface area contributed by atoms with Crippen molar-refractivity contribution in [2.24, 2.45) is 0 Å². The Morgan fingerprint density at radius 3 is 2.23 bits per heavy atom. The highest BCUT2D eigenvalue weighted by Crippen LogP contribution is 2.53. The first kappa shape index (κ1) is 18.4. The number of benzene rings is 1. The van der Waals surface area contributed by atoms with Crippen LogP contribution in [0.1, 0.15) is 20.8 Å². The topological polar surface area (TPSA) is 90.7 Å². The molecule has 0 spiro atoms. The second-order valence-electron chi connectivity index (χ2n) is 4.29. The largest absolute Gasteiger partial charge is 0.368 e. The van der Waals surface area contributed by atoms with Crippen LogP contribution in [0.3, 0.4) is 0 Å². The number of hydrogen-bond donors (Lipinski definition) is 1. The van der Waals surface area contributed by atoms with Crippen molar-refractivity contribution in [2.45, 2.75) is 26.6 Å². The molecule has 8 heteroatoms. The first-order valence-corrected chi connectivity index (χ1v) is 8.60. The second kappa shape index (κ2) is 8.68. The monoisotopic (exact) mass is 328 g/mol. The Morgan fingerprint density at radius 2 is 1.82 bits per heavy atom. The number of nitro groups is 1. The minimum atomic E-state index is -3.37. The highest BCUT2D eigenvalue weighted by molar-refractivity contribution is 7.55. The van der Waals surface area contributed by atoms with Gasteiger partial charge in [0.25, 0.3) is 5.69 Å². The molecule has 0 aliphatic rings. The third-order valence-electron chi connectivity index (χ3n) is 2.73. The lowest BCUT2D eigenvalue weighted by Crippen LogP contribution is -2.20. The van der Waals surface area contributed by atoms with E-state index in [1.54, 1.807) is 45.1 Å². The normalized spacial score (nSPS) is 13.2. The van der Waals surface area contributed by atoms with Gasteiger partial charge in [-0.15, -0.1) is 0 Å². The average Bonchev–Trinajstić information content (AvgIpc) is 2.48. The molecule has 0 aliphatic carbocycles. The van der Waals surface area contributed by atoms with Crippen LogP contribution in [0.2, 0.25) is 0 Å². The van der Waals surface area contributed by atoms with Crippen LogP contribution < -0.4 is 5.32 Å². The average molecular weight is 328 g/mol. The molecule has 22 heavy (non-hydrogen) atoms. The zero-order valence-corrected chi connectivity index (χ0v) is 13.8. The fraction of sp³-hybridized carbons (Fsp3) is 0.429. The molecule has 0 heterocycles. The molecule has 1 aromatic rings. The molecule has 1 N–H and O–H groups in total. The second-order valence-corrected chi connectivity index (χ2v) is 6.45. The molecule has 1 aromatic carbocycles. The molecule has 7 nitrogen and oxygen atoms in total. The van der Waals surface area contributed by atoms with Crippen LogP contribution in [-0.2, 0) is 13.6 Å². The van der Waals surface area contributed by atoms with Crippen LogP contribution in [0, 0.1) is 10.1 Å². The van der Waals surface area contributed by atoms with Crippen LogP contribution in [-0.4, -0.2) is 23.9 Å². The minimum absolute atomic E-state index is 0.00840. The summed E-state index contributed by atoms with van der Waals surface area (Å²) in [5.74, 6) is -0.668. The molecule has 0 saturated heterocycles. The van der Waals surface area contributed by atoms with Gasteiger partial charge in [0.05, 0.1) is 18.1 Å². The van der Waals surface area contributed by atoms with Gasteiger partial charge in [-0.25, -0.2) is 0 Å². The van der Waals surface area contributed by atoms with Gasteiger partial charge in [-0.2, -0.15) is 0 Å². The van der Waals surface area contributed by atoms with Crippen LogP contribution in [0.15, 0.2) is 36.4 Å². The number of hydrogen-bond acceptors (Lipinski definition) is 6. The van der Waals surface area contributed by atoms with Crippen LogP contribution >= 0.6 is 7.60 Å². The molecule has 0 saturated carbocycles. The highest BCUT2D eigenvalue weighted by atomic mass is 31.2. The van der Waals surface area contributed by atoms with Crippen LogP contribution in [0.5, 0.6) is 0 Å². The van der Waals surface area contributed by atoms with E-state index in [2.05, 4.69) is 5.32 Å². The van der Waals surface area contributed by atoms with E-state index in [0.717, 1.165) is 0 Å². The summed E-state index contributed by atoms with van der Waals surface area (Å²) < 4.78 is 23.5.